The maximum Gasteiger partial charge on any atom is 0.344 e. The number of carbonyl (C=O) groups excluding carboxylic acids is 1. The third-order valence-electron chi connectivity index (χ3n) is 2.23. The van der Waals surface area contributed by atoms with E-state index in [1.807, 2.05) is 31.2 Å². The number of para-hydroxylation sites is 1. The quantitative estimate of drug-likeness (QED) is 0.563. The van der Waals surface area contributed by atoms with Gasteiger partial charge in [-0.05, 0) is 30.7 Å². The Hall–Kier alpha value is -2.09. The van der Waals surface area contributed by atoms with Gasteiger partial charge in [-0.3, -0.25) is 0 Å². The minimum atomic E-state index is -0.380. The first kappa shape index (κ1) is 10.4. The smallest absolute Gasteiger partial charge is 0.344 e. The zero-order chi connectivity index (χ0) is 11.4. The molecule has 0 bridgehead atoms. The minimum absolute atomic E-state index is 0.380. The van der Waals surface area contributed by atoms with E-state index in [4.69, 9.17) is 4.74 Å². The third-order valence-corrected chi connectivity index (χ3v) is 2.23. The molecular formula is C14H11O2. The molecule has 0 atom stereocenters. The highest BCUT2D eigenvalue weighted by molar-refractivity contribution is 5.90. The molecule has 0 heterocycles. The predicted molar refractivity (Wildman–Crippen MR) is 61.4 cm³/mol. The van der Waals surface area contributed by atoms with E-state index in [0.717, 1.165) is 5.56 Å². The van der Waals surface area contributed by atoms with Crippen molar-refractivity contribution in [1.29, 1.82) is 0 Å². The summed E-state index contributed by atoms with van der Waals surface area (Å²) in [7, 11) is 0. The molecule has 0 aromatic heterocycles. The highest BCUT2D eigenvalue weighted by atomic mass is 16.5. The maximum atomic E-state index is 11.7. The summed E-state index contributed by atoms with van der Waals surface area (Å²) in [5.41, 5.74) is 1.37. The van der Waals surface area contributed by atoms with Gasteiger partial charge in [0.05, 0.1) is 5.56 Å². The van der Waals surface area contributed by atoms with Crippen LogP contribution in [0.4, 0.5) is 0 Å². The molecule has 2 nitrogen and oxygen atoms in total. The van der Waals surface area contributed by atoms with Crippen LogP contribution < -0.4 is 4.74 Å². The predicted octanol–water partition coefficient (Wildman–Crippen LogP) is 3.01. The van der Waals surface area contributed by atoms with Crippen LogP contribution in [0.5, 0.6) is 5.75 Å². The van der Waals surface area contributed by atoms with Gasteiger partial charge in [-0.15, -0.1) is 0 Å². The fraction of sp³-hybridized carbons (Fsp3) is 0.0714. The van der Waals surface area contributed by atoms with E-state index in [1.165, 1.54) is 0 Å². The largest absolute Gasteiger partial charge is 0.423 e. The number of hydrogen-bond acceptors (Lipinski definition) is 2. The van der Waals surface area contributed by atoms with E-state index in [2.05, 4.69) is 6.07 Å². The first-order chi connectivity index (χ1) is 7.77. The van der Waals surface area contributed by atoms with Gasteiger partial charge >= 0.3 is 5.97 Å². The number of rotatable bonds is 2. The SMILES string of the molecule is Cc1ccccc1OC(=O)c1[c]cccc1. The van der Waals surface area contributed by atoms with Gasteiger partial charge in [0.25, 0.3) is 0 Å². The summed E-state index contributed by atoms with van der Waals surface area (Å²) in [4.78, 5) is 11.7. The van der Waals surface area contributed by atoms with Crippen LogP contribution in [-0.4, -0.2) is 5.97 Å². The average Bonchev–Trinajstić information content (AvgIpc) is 2.33. The van der Waals surface area contributed by atoms with Crippen LogP contribution in [0.3, 0.4) is 0 Å². The Morgan fingerprint density at radius 1 is 1.12 bits per heavy atom. The Morgan fingerprint density at radius 3 is 2.56 bits per heavy atom. The molecule has 0 spiro atoms. The lowest BCUT2D eigenvalue weighted by Crippen LogP contribution is -2.09. The molecule has 0 amide bonds. The zero-order valence-corrected chi connectivity index (χ0v) is 8.94. The highest BCUT2D eigenvalue weighted by Crippen LogP contribution is 2.17. The lowest BCUT2D eigenvalue weighted by molar-refractivity contribution is 0.0733. The fourth-order valence-electron chi connectivity index (χ4n) is 1.35. The van der Waals surface area contributed by atoms with Gasteiger partial charge in [-0.25, -0.2) is 4.79 Å². The molecule has 2 heteroatoms. The zero-order valence-electron chi connectivity index (χ0n) is 8.94. The van der Waals surface area contributed by atoms with Crippen molar-refractivity contribution in [3.05, 3.63) is 65.7 Å². The Labute approximate surface area is 94.5 Å². The molecule has 2 rings (SSSR count). The van der Waals surface area contributed by atoms with E-state index in [9.17, 15) is 4.79 Å². The second-order valence-corrected chi connectivity index (χ2v) is 3.43. The number of esters is 1. The molecule has 0 saturated heterocycles. The third kappa shape index (κ3) is 2.28. The van der Waals surface area contributed by atoms with Gasteiger partial charge in [0.15, 0.2) is 0 Å². The molecular weight excluding hydrogens is 200 g/mol. The lowest BCUT2D eigenvalue weighted by Gasteiger charge is -2.06. The van der Waals surface area contributed by atoms with E-state index in [-0.39, 0.29) is 5.97 Å². The first-order valence-electron chi connectivity index (χ1n) is 5.02. The Bertz CT molecular complexity index is 489. The Morgan fingerprint density at radius 2 is 1.88 bits per heavy atom. The number of aryl methyl sites for hydroxylation is 1. The molecule has 0 N–H and O–H groups in total. The van der Waals surface area contributed by atoms with Crippen molar-refractivity contribution < 1.29 is 9.53 Å². The standard InChI is InChI=1S/C14H11O2/c1-11-7-5-6-10-13(11)16-14(15)12-8-3-2-4-9-12/h2-8,10H,1H3. The van der Waals surface area contributed by atoms with Crippen molar-refractivity contribution in [2.75, 3.05) is 0 Å². The molecule has 0 aliphatic heterocycles. The summed E-state index contributed by atoms with van der Waals surface area (Å²) in [6.45, 7) is 1.90. The summed E-state index contributed by atoms with van der Waals surface area (Å²) in [5, 5.41) is 0. The summed E-state index contributed by atoms with van der Waals surface area (Å²) in [6.07, 6.45) is 0. The normalized spacial score (nSPS) is 9.81. The molecule has 0 aliphatic rings. The van der Waals surface area contributed by atoms with Crippen molar-refractivity contribution in [3.63, 3.8) is 0 Å². The van der Waals surface area contributed by atoms with Crippen LogP contribution >= 0.6 is 0 Å². The summed E-state index contributed by atoms with van der Waals surface area (Å²) < 4.78 is 5.26. The van der Waals surface area contributed by atoms with E-state index in [1.54, 1.807) is 24.3 Å². The molecule has 2 aromatic carbocycles. The number of hydrogen-bond donors (Lipinski definition) is 0. The van der Waals surface area contributed by atoms with Crippen LogP contribution in [0.2, 0.25) is 0 Å². The van der Waals surface area contributed by atoms with Crippen molar-refractivity contribution >= 4 is 5.97 Å². The average molecular weight is 211 g/mol. The monoisotopic (exact) mass is 211 g/mol. The van der Waals surface area contributed by atoms with Crippen LogP contribution in [0.15, 0.2) is 48.5 Å². The summed E-state index contributed by atoms with van der Waals surface area (Å²) in [5.74, 6) is 0.208. The second kappa shape index (κ2) is 4.62. The summed E-state index contributed by atoms with van der Waals surface area (Å²) in [6, 6.07) is 17.2. The molecule has 2 aromatic rings. The van der Waals surface area contributed by atoms with Gasteiger partial charge < -0.3 is 4.74 Å². The van der Waals surface area contributed by atoms with Crippen LogP contribution in [0.25, 0.3) is 0 Å². The Kier molecular flexibility index (Phi) is 3.01. The lowest BCUT2D eigenvalue weighted by atomic mass is 10.2. The second-order valence-electron chi connectivity index (χ2n) is 3.43. The molecule has 16 heavy (non-hydrogen) atoms. The van der Waals surface area contributed by atoms with Gasteiger partial charge in [0.2, 0.25) is 0 Å². The molecule has 79 valence electrons. The number of ether oxygens (including phenoxy) is 1. The van der Waals surface area contributed by atoms with Crippen molar-refractivity contribution in [1.82, 2.24) is 0 Å². The van der Waals surface area contributed by atoms with E-state index in [0.29, 0.717) is 11.3 Å². The number of carbonyl (C=O) groups is 1. The van der Waals surface area contributed by atoms with Gasteiger partial charge in [-0.2, -0.15) is 0 Å². The molecule has 0 aliphatic carbocycles. The molecule has 0 fully saturated rings. The van der Waals surface area contributed by atoms with Gasteiger partial charge in [-0.1, -0.05) is 36.4 Å². The first-order valence-corrected chi connectivity index (χ1v) is 5.02. The summed E-state index contributed by atoms with van der Waals surface area (Å²) >= 11 is 0. The fourth-order valence-corrected chi connectivity index (χ4v) is 1.35. The maximum absolute atomic E-state index is 11.7. The van der Waals surface area contributed by atoms with Crippen LogP contribution in [0, 0.1) is 13.0 Å². The molecule has 0 unspecified atom stereocenters. The molecule has 1 radical (unpaired) electrons. The topological polar surface area (TPSA) is 26.3 Å². The number of benzene rings is 2. The van der Waals surface area contributed by atoms with Crippen LogP contribution in [0.1, 0.15) is 15.9 Å². The van der Waals surface area contributed by atoms with Gasteiger partial charge in [0.1, 0.15) is 5.75 Å². The minimum Gasteiger partial charge on any atom is -0.423 e. The van der Waals surface area contributed by atoms with Gasteiger partial charge in [0, 0.05) is 0 Å². The van der Waals surface area contributed by atoms with Crippen molar-refractivity contribution in [2.45, 2.75) is 6.92 Å². The van der Waals surface area contributed by atoms with Crippen LogP contribution in [-0.2, 0) is 0 Å². The van der Waals surface area contributed by atoms with E-state index >= 15 is 0 Å². The van der Waals surface area contributed by atoms with Crippen molar-refractivity contribution in [3.8, 4) is 5.75 Å². The Balaban J connectivity index is 2.18. The highest BCUT2D eigenvalue weighted by Gasteiger charge is 2.08. The van der Waals surface area contributed by atoms with Crippen molar-refractivity contribution in [2.24, 2.45) is 0 Å². The van der Waals surface area contributed by atoms with E-state index < -0.39 is 0 Å². The molecule has 0 saturated carbocycles.